The van der Waals surface area contributed by atoms with E-state index >= 15 is 0 Å². The van der Waals surface area contributed by atoms with Crippen molar-refractivity contribution >= 4 is 23.3 Å². The second-order valence-electron chi connectivity index (χ2n) is 5.33. The number of carboxylic acid groups (broad SMARTS) is 1. The zero-order chi connectivity index (χ0) is 17.0. The van der Waals surface area contributed by atoms with Gasteiger partial charge in [0.15, 0.2) is 11.9 Å². The minimum atomic E-state index is -1.03. The first-order valence-corrected chi connectivity index (χ1v) is 7.42. The topological polar surface area (TPSA) is 104 Å². The van der Waals surface area contributed by atoms with Gasteiger partial charge in [-0.2, -0.15) is 0 Å². The number of fused-ring (bicyclic) bond motifs is 1. The number of hydrogen-bond donors (Lipinski definition) is 2. The number of Topliss-reactive ketones (excluding diaryl/α,β-unsaturated/α-hetero) is 1. The fraction of sp³-hybridized carbons (Fsp3) is 0.438. The van der Waals surface area contributed by atoms with Crippen LogP contribution in [0, 0.1) is 0 Å². The molecule has 0 fully saturated rings. The average molecular weight is 321 g/mol. The third-order valence-corrected chi connectivity index (χ3v) is 3.60. The third-order valence-electron chi connectivity index (χ3n) is 3.60. The maximum absolute atomic E-state index is 12.2. The standard InChI is InChI=1S/C16H19NO6/c1-10-16(22)17(7-2-8-18)12-9-11(3-5-14(12)23-10)13(19)4-6-15(20)21/h3,5,9-10,18H,2,4,6-8H2,1H3,(H,20,21). The van der Waals surface area contributed by atoms with E-state index in [1.165, 1.54) is 4.90 Å². The van der Waals surface area contributed by atoms with Crippen LogP contribution in [0.3, 0.4) is 0 Å². The fourth-order valence-electron chi connectivity index (χ4n) is 2.40. The zero-order valence-corrected chi connectivity index (χ0v) is 12.8. The molecule has 2 rings (SSSR count). The lowest BCUT2D eigenvalue weighted by molar-refractivity contribution is -0.137. The highest BCUT2D eigenvalue weighted by Gasteiger charge is 2.31. The van der Waals surface area contributed by atoms with Crippen LogP contribution in [0.25, 0.3) is 0 Å². The molecule has 0 saturated heterocycles. The molecular formula is C16H19NO6. The summed E-state index contributed by atoms with van der Waals surface area (Å²) in [5, 5.41) is 17.6. The molecule has 0 spiro atoms. The summed E-state index contributed by atoms with van der Waals surface area (Å²) in [5.41, 5.74) is 0.813. The Morgan fingerprint density at radius 1 is 1.30 bits per heavy atom. The molecule has 124 valence electrons. The number of aliphatic hydroxyl groups excluding tert-OH is 1. The summed E-state index contributed by atoms with van der Waals surface area (Å²) in [6, 6.07) is 4.72. The van der Waals surface area contributed by atoms with E-state index in [-0.39, 0.29) is 31.1 Å². The van der Waals surface area contributed by atoms with E-state index in [9.17, 15) is 14.4 Å². The van der Waals surface area contributed by atoms with E-state index in [4.69, 9.17) is 14.9 Å². The highest BCUT2D eigenvalue weighted by Crippen LogP contribution is 2.35. The maximum Gasteiger partial charge on any atom is 0.303 e. The largest absolute Gasteiger partial charge is 0.481 e. The number of aliphatic carboxylic acids is 1. The van der Waals surface area contributed by atoms with Gasteiger partial charge < -0.3 is 19.8 Å². The highest BCUT2D eigenvalue weighted by molar-refractivity contribution is 6.03. The molecule has 0 aromatic heterocycles. The molecule has 1 aromatic rings. The van der Waals surface area contributed by atoms with Crippen LogP contribution in [0.1, 0.15) is 36.5 Å². The summed E-state index contributed by atoms with van der Waals surface area (Å²) in [5.74, 6) is -1.08. The van der Waals surface area contributed by atoms with Crippen LogP contribution in [-0.2, 0) is 9.59 Å². The van der Waals surface area contributed by atoms with Crippen LogP contribution >= 0.6 is 0 Å². The lowest BCUT2D eigenvalue weighted by Gasteiger charge is -2.33. The number of aliphatic hydroxyl groups is 1. The molecule has 1 aliphatic rings. The lowest BCUT2D eigenvalue weighted by Crippen LogP contribution is -2.45. The van der Waals surface area contributed by atoms with Crippen LogP contribution in [0.2, 0.25) is 0 Å². The average Bonchev–Trinajstić information content (AvgIpc) is 2.52. The number of nitrogens with zero attached hydrogens (tertiary/aromatic N) is 1. The van der Waals surface area contributed by atoms with Crippen molar-refractivity contribution < 1.29 is 29.3 Å². The first-order chi connectivity index (χ1) is 10.9. The van der Waals surface area contributed by atoms with Crippen molar-refractivity contribution in [1.29, 1.82) is 0 Å². The minimum Gasteiger partial charge on any atom is -0.481 e. The van der Waals surface area contributed by atoms with Gasteiger partial charge in [-0.15, -0.1) is 0 Å². The molecule has 1 heterocycles. The Morgan fingerprint density at radius 2 is 2.04 bits per heavy atom. The minimum absolute atomic E-state index is 0.0500. The molecule has 2 N–H and O–H groups in total. The van der Waals surface area contributed by atoms with Crippen LogP contribution in [-0.4, -0.2) is 47.1 Å². The number of rotatable bonds is 7. The first kappa shape index (κ1) is 17.0. The van der Waals surface area contributed by atoms with Crippen molar-refractivity contribution in [2.75, 3.05) is 18.1 Å². The van der Waals surface area contributed by atoms with Gasteiger partial charge >= 0.3 is 5.97 Å². The Labute approximate surface area is 133 Å². The van der Waals surface area contributed by atoms with E-state index in [2.05, 4.69) is 0 Å². The van der Waals surface area contributed by atoms with Gasteiger partial charge in [-0.3, -0.25) is 14.4 Å². The molecule has 23 heavy (non-hydrogen) atoms. The summed E-state index contributed by atoms with van der Waals surface area (Å²) in [7, 11) is 0. The summed E-state index contributed by atoms with van der Waals surface area (Å²) < 4.78 is 5.53. The van der Waals surface area contributed by atoms with Crippen LogP contribution < -0.4 is 9.64 Å². The number of benzene rings is 1. The molecule has 7 nitrogen and oxygen atoms in total. The Balaban J connectivity index is 2.28. The molecule has 1 unspecified atom stereocenters. The van der Waals surface area contributed by atoms with Gasteiger partial charge in [-0.1, -0.05) is 0 Å². The number of ether oxygens (including phenoxy) is 1. The van der Waals surface area contributed by atoms with Crippen LogP contribution in [0.15, 0.2) is 18.2 Å². The molecule has 0 bridgehead atoms. The molecular weight excluding hydrogens is 302 g/mol. The highest BCUT2D eigenvalue weighted by atomic mass is 16.5. The predicted molar refractivity (Wildman–Crippen MR) is 81.8 cm³/mol. The van der Waals surface area contributed by atoms with E-state index < -0.39 is 12.1 Å². The van der Waals surface area contributed by atoms with E-state index in [0.717, 1.165) is 0 Å². The third kappa shape index (κ3) is 3.87. The van der Waals surface area contributed by atoms with Crippen molar-refractivity contribution in [2.24, 2.45) is 0 Å². The summed E-state index contributed by atoms with van der Waals surface area (Å²) in [4.78, 5) is 36.4. The first-order valence-electron chi connectivity index (χ1n) is 7.42. The Kier molecular flexibility index (Phi) is 5.33. The zero-order valence-electron chi connectivity index (χ0n) is 12.8. The number of amides is 1. The fourth-order valence-corrected chi connectivity index (χ4v) is 2.40. The smallest absolute Gasteiger partial charge is 0.303 e. The summed E-state index contributed by atoms with van der Waals surface area (Å²) >= 11 is 0. The summed E-state index contributed by atoms with van der Waals surface area (Å²) in [6.45, 7) is 1.91. The number of ketones is 1. The maximum atomic E-state index is 12.2. The van der Waals surface area contributed by atoms with E-state index in [1.807, 2.05) is 0 Å². The van der Waals surface area contributed by atoms with Gasteiger partial charge in [0, 0.05) is 25.1 Å². The SMILES string of the molecule is CC1Oc2ccc(C(=O)CCC(=O)O)cc2N(CCCO)C1=O. The van der Waals surface area contributed by atoms with Crippen LogP contribution in [0.5, 0.6) is 5.75 Å². The Morgan fingerprint density at radius 3 is 2.70 bits per heavy atom. The molecule has 0 aliphatic carbocycles. The number of hydrogen-bond acceptors (Lipinski definition) is 5. The molecule has 1 atom stereocenters. The van der Waals surface area contributed by atoms with Gasteiger partial charge in [-0.25, -0.2) is 0 Å². The monoisotopic (exact) mass is 321 g/mol. The lowest BCUT2D eigenvalue weighted by atomic mass is 10.0. The van der Waals surface area contributed by atoms with Gasteiger partial charge in [0.1, 0.15) is 5.75 Å². The molecule has 1 aliphatic heterocycles. The molecule has 1 aromatic carbocycles. The Bertz CT molecular complexity index is 627. The van der Waals surface area contributed by atoms with Crippen molar-refractivity contribution in [2.45, 2.75) is 32.3 Å². The predicted octanol–water partition coefficient (Wildman–Crippen LogP) is 1.23. The van der Waals surface area contributed by atoms with Crippen LogP contribution in [0.4, 0.5) is 5.69 Å². The quantitative estimate of drug-likeness (QED) is 0.732. The van der Waals surface area contributed by atoms with Gasteiger partial charge in [0.2, 0.25) is 0 Å². The molecule has 0 saturated carbocycles. The molecule has 0 radical (unpaired) electrons. The van der Waals surface area contributed by atoms with Crippen molar-refractivity contribution in [3.8, 4) is 5.75 Å². The number of carboxylic acids is 1. The summed E-state index contributed by atoms with van der Waals surface area (Å²) in [6.07, 6.45) is -0.559. The van der Waals surface area contributed by atoms with E-state index in [0.29, 0.717) is 30.0 Å². The molecule has 1 amide bonds. The van der Waals surface area contributed by atoms with Crippen molar-refractivity contribution in [3.05, 3.63) is 23.8 Å². The second kappa shape index (κ2) is 7.23. The number of anilines is 1. The second-order valence-corrected chi connectivity index (χ2v) is 5.33. The molecule has 7 heteroatoms. The van der Waals surface area contributed by atoms with Crippen molar-refractivity contribution in [3.63, 3.8) is 0 Å². The van der Waals surface area contributed by atoms with Gasteiger partial charge in [0.05, 0.1) is 12.1 Å². The Hall–Kier alpha value is -2.41. The van der Waals surface area contributed by atoms with E-state index in [1.54, 1.807) is 25.1 Å². The van der Waals surface area contributed by atoms with Gasteiger partial charge in [0.25, 0.3) is 5.91 Å². The number of carbonyl (C=O) groups excluding carboxylic acids is 2. The van der Waals surface area contributed by atoms with Crippen molar-refractivity contribution in [1.82, 2.24) is 0 Å². The normalized spacial score (nSPS) is 16.7. The van der Waals surface area contributed by atoms with Gasteiger partial charge in [-0.05, 0) is 31.5 Å². The number of carbonyl (C=O) groups is 3.